The summed E-state index contributed by atoms with van der Waals surface area (Å²) in [6, 6.07) is 2.86. The molecule has 1 saturated heterocycles. The van der Waals surface area contributed by atoms with Gasteiger partial charge in [-0.3, -0.25) is 9.59 Å². The van der Waals surface area contributed by atoms with Gasteiger partial charge < -0.3 is 15.2 Å². The second-order valence-electron chi connectivity index (χ2n) is 7.03. The molecule has 2 fully saturated rings. The van der Waals surface area contributed by atoms with Crippen LogP contribution in [0.15, 0.2) is 18.5 Å². The molecule has 0 radical (unpaired) electrons. The molecule has 25 heavy (non-hydrogen) atoms. The predicted molar refractivity (Wildman–Crippen MR) is 93.7 cm³/mol. The lowest BCUT2D eigenvalue weighted by atomic mass is 9.92. The van der Waals surface area contributed by atoms with E-state index in [9.17, 15) is 14.9 Å². The van der Waals surface area contributed by atoms with Crippen molar-refractivity contribution < 1.29 is 9.59 Å². The van der Waals surface area contributed by atoms with Crippen molar-refractivity contribution in [2.75, 3.05) is 6.54 Å². The van der Waals surface area contributed by atoms with Crippen molar-refractivity contribution in [3.05, 3.63) is 23.5 Å². The molecule has 3 rings (SSSR count). The van der Waals surface area contributed by atoms with Gasteiger partial charge in [0.05, 0.1) is 11.1 Å². The van der Waals surface area contributed by atoms with Gasteiger partial charge in [-0.15, -0.1) is 0 Å². The molecule has 7 heteroatoms. The molecule has 3 atom stereocenters. The number of halogens is 1. The Bertz CT molecular complexity index is 677. The molecule has 2 heterocycles. The van der Waals surface area contributed by atoms with Crippen molar-refractivity contribution in [2.24, 2.45) is 11.8 Å². The number of nitrogens with zero attached hydrogens (tertiary/aromatic N) is 2. The quantitative estimate of drug-likeness (QED) is 0.780. The van der Waals surface area contributed by atoms with Gasteiger partial charge in [-0.2, -0.15) is 5.26 Å². The number of amides is 2. The molecular formula is C18H23ClN4O2. The minimum Gasteiger partial charge on any atom is -0.356 e. The topological polar surface area (TPSA) is 86.9 Å². The van der Waals surface area contributed by atoms with Crippen LogP contribution in [-0.4, -0.2) is 29.0 Å². The second kappa shape index (κ2) is 7.92. The van der Waals surface area contributed by atoms with Gasteiger partial charge in [0.2, 0.25) is 11.8 Å². The summed E-state index contributed by atoms with van der Waals surface area (Å²) in [6.45, 7) is 0.691. The van der Waals surface area contributed by atoms with Crippen LogP contribution in [0, 0.1) is 23.2 Å². The van der Waals surface area contributed by atoms with E-state index in [1.165, 1.54) is 0 Å². The lowest BCUT2D eigenvalue weighted by Gasteiger charge is -2.25. The van der Waals surface area contributed by atoms with Crippen molar-refractivity contribution in [2.45, 2.75) is 50.6 Å². The summed E-state index contributed by atoms with van der Waals surface area (Å²) in [5.41, 5.74) is 0. The number of hydrogen-bond acceptors (Lipinski definition) is 3. The lowest BCUT2D eigenvalue weighted by Crippen LogP contribution is -2.43. The van der Waals surface area contributed by atoms with Gasteiger partial charge in [0.15, 0.2) is 0 Å². The third-order valence-electron chi connectivity index (χ3n) is 4.99. The molecule has 134 valence electrons. The smallest absolute Gasteiger partial charge is 0.244 e. The molecule has 0 bridgehead atoms. The number of hydrogen-bond donors (Lipinski definition) is 2. The van der Waals surface area contributed by atoms with Crippen LogP contribution in [0.3, 0.4) is 0 Å². The number of nitrogens with one attached hydrogen (secondary N) is 2. The van der Waals surface area contributed by atoms with Crippen LogP contribution < -0.4 is 10.6 Å². The predicted octanol–water partition coefficient (Wildman–Crippen LogP) is 2.41. The van der Waals surface area contributed by atoms with E-state index in [-0.39, 0.29) is 23.8 Å². The average molecular weight is 363 g/mol. The third kappa shape index (κ3) is 4.76. The zero-order valence-corrected chi connectivity index (χ0v) is 14.8. The van der Waals surface area contributed by atoms with Gasteiger partial charge in [-0.25, -0.2) is 0 Å². The fraction of sp³-hybridized carbons (Fsp3) is 0.611. The van der Waals surface area contributed by atoms with Crippen LogP contribution in [0.4, 0.5) is 0 Å². The molecule has 1 aromatic heterocycles. The van der Waals surface area contributed by atoms with Crippen LogP contribution in [0.25, 0.3) is 0 Å². The van der Waals surface area contributed by atoms with E-state index in [0.29, 0.717) is 23.9 Å². The highest BCUT2D eigenvalue weighted by atomic mass is 35.5. The molecule has 2 aliphatic rings. The van der Waals surface area contributed by atoms with Crippen molar-refractivity contribution >= 4 is 23.4 Å². The second-order valence-corrected chi connectivity index (χ2v) is 7.46. The Labute approximate surface area is 152 Å². The van der Waals surface area contributed by atoms with Crippen molar-refractivity contribution in [1.82, 2.24) is 15.2 Å². The first kappa shape index (κ1) is 17.8. The molecule has 1 aliphatic carbocycles. The van der Waals surface area contributed by atoms with Crippen molar-refractivity contribution in [3.8, 4) is 6.07 Å². The van der Waals surface area contributed by atoms with E-state index in [1.54, 1.807) is 18.5 Å². The summed E-state index contributed by atoms with van der Waals surface area (Å²) in [6.07, 6.45) is 8.60. The highest BCUT2D eigenvalue weighted by Gasteiger charge is 2.32. The Morgan fingerprint density at radius 2 is 2.24 bits per heavy atom. The molecule has 0 aromatic carbocycles. The van der Waals surface area contributed by atoms with E-state index in [2.05, 4.69) is 16.7 Å². The minimum absolute atomic E-state index is 0.0209. The number of carbonyl (C=O) groups excluding carboxylic acids is 2. The standard InChI is InChI=1S/C18H23ClN4O2/c19-14-5-7-23(11-14)16(8-12-3-4-12)18(25)22-15(10-20)9-13-2-1-6-21-17(13)24/h5,7,11-13,15-16H,1-4,6,8-9H2,(H,21,24)(H,22,25)/t13-,15-,16-/m0/s1. The van der Waals surface area contributed by atoms with Crippen LogP contribution >= 0.6 is 11.6 Å². The van der Waals surface area contributed by atoms with Gasteiger partial charge in [-0.1, -0.05) is 24.4 Å². The SMILES string of the molecule is N#C[C@H](C[C@@H]1CCCNC1=O)NC(=O)[C@H](CC1CC1)n1ccc(Cl)c1. The van der Waals surface area contributed by atoms with Gasteiger partial charge >= 0.3 is 0 Å². The molecule has 1 saturated carbocycles. The first-order valence-corrected chi connectivity index (χ1v) is 9.25. The van der Waals surface area contributed by atoms with Crippen molar-refractivity contribution in [1.29, 1.82) is 5.26 Å². The van der Waals surface area contributed by atoms with Gasteiger partial charge in [-0.05, 0) is 37.7 Å². The van der Waals surface area contributed by atoms with Gasteiger partial charge in [0, 0.05) is 24.9 Å². The van der Waals surface area contributed by atoms with Gasteiger partial charge in [0.1, 0.15) is 12.1 Å². The minimum atomic E-state index is -0.658. The first-order valence-electron chi connectivity index (χ1n) is 8.87. The number of nitriles is 1. The van der Waals surface area contributed by atoms with E-state index in [0.717, 1.165) is 32.1 Å². The Balaban J connectivity index is 1.64. The molecule has 0 spiro atoms. The van der Waals surface area contributed by atoms with Crippen LogP contribution in [-0.2, 0) is 9.59 Å². The molecular weight excluding hydrogens is 340 g/mol. The number of rotatable bonds is 7. The largest absolute Gasteiger partial charge is 0.356 e. The average Bonchev–Trinajstić information content (AvgIpc) is 3.33. The monoisotopic (exact) mass is 362 g/mol. The zero-order chi connectivity index (χ0) is 17.8. The Morgan fingerprint density at radius 1 is 1.44 bits per heavy atom. The Hall–Kier alpha value is -2.00. The number of piperidine rings is 1. The molecule has 6 nitrogen and oxygen atoms in total. The molecule has 1 aliphatic heterocycles. The zero-order valence-electron chi connectivity index (χ0n) is 14.1. The highest BCUT2D eigenvalue weighted by Crippen LogP contribution is 2.37. The maximum absolute atomic E-state index is 12.8. The van der Waals surface area contributed by atoms with Crippen molar-refractivity contribution in [3.63, 3.8) is 0 Å². The lowest BCUT2D eigenvalue weighted by molar-refractivity contribution is -0.128. The molecule has 1 aromatic rings. The fourth-order valence-corrected chi connectivity index (χ4v) is 3.54. The molecule has 2 amide bonds. The summed E-state index contributed by atoms with van der Waals surface area (Å²) in [5.74, 6) is 0.151. The highest BCUT2D eigenvalue weighted by molar-refractivity contribution is 6.30. The van der Waals surface area contributed by atoms with Crippen LogP contribution in [0.5, 0.6) is 0 Å². The fourth-order valence-electron chi connectivity index (χ4n) is 3.37. The first-order chi connectivity index (χ1) is 12.1. The Morgan fingerprint density at radius 3 is 2.84 bits per heavy atom. The molecule has 0 unspecified atom stereocenters. The van der Waals surface area contributed by atoms with E-state index in [1.807, 2.05) is 4.57 Å². The summed E-state index contributed by atoms with van der Waals surface area (Å²) < 4.78 is 1.82. The maximum Gasteiger partial charge on any atom is 0.244 e. The number of aromatic nitrogens is 1. The van der Waals surface area contributed by atoms with E-state index >= 15 is 0 Å². The van der Waals surface area contributed by atoms with Crippen LogP contribution in [0.2, 0.25) is 5.02 Å². The summed E-state index contributed by atoms with van der Waals surface area (Å²) >= 11 is 5.99. The Kier molecular flexibility index (Phi) is 5.64. The third-order valence-corrected chi connectivity index (χ3v) is 5.21. The maximum atomic E-state index is 12.8. The summed E-state index contributed by atoms with van der Waals surface area (Å²) in [5, 5.41) is 15.7. The van der Waals surface area contributed by atoms with E-state index < -0.39 is 6.04 Å². The normalized spacial score (nSPS) is 22.6. The van der Waals surface area contributed by atoms with E-state index in [4.69, 9.17) is 11.6 Å². The summed E-state index contributed by atoms with van der Waals surface area (Å²) in [7, 11) is 0. The molecule has 2 N–H and O–H groups in total. The van der Waals surface area contributed by atoms with Gasteiger partial charge in [0.25, 0.3) is 0 Å². The van der Waals surface area contributed by atoms with Crippen LogP contribution in [0.1, 0.15) is 44.6 Å². The number of carbonyl (C=O) groups is 2. The summed E-state index contributed by atoms with van der Waals surface area (Å²) in [4.78, 5) is 24.7.